The van der Waals surface area contributed by atoms with E-state index in [1.165, 1.54) is 6.33 Å². The van der Waals surface area contributed by atoms with Gasteiger partial charge in [0.15, 0.2) is 17.0 Å². The largest absolute Gasteiger partial charge is 0.406 e. The second-order valence-electron chi connectivity index (χ2n) is 8.90. The fourth-order valence-electron chi connectivity index (χ4n) is 4.74. The molecule has 2 fully saturated rings. The first-order valence-electron chi connectivity index (χ1n) is 11.8. The molecule has 5 heterocycles. The van der Waals surface area contributed by atoms with E-state index < -0.39 is 12.7 Å². The minimum absolute atomic E-state index is 0.0282. The summed E-state index contributed by atoms with van der Waals surface area (Å²) >= 11 is 0. The van der Waals surface area contributed by atoms with Crippen molar-refractivity contribution in [1.82, 2.24) is 34.2 Å². The Morgan fingerprint density at radius 2 is 1.97 bits per heavy atom. The monoisotopic (exact) mass is 478 g/mol. The number of hydrogen-bond donors (Lipinski definition) is 0. The Bertz CT molecular complexity index is 1120. The lowest BCUT2D eigenvalue weighted by atomic mass is 9.97. The van der Waals surface area contributed by atoms with Crippen LogP contribution in [0.25, 0.3) is 11.2 Å². The maximum atomic E-state index is 13.2. The minimum atomic E-state index is -4.36. The lowest BCUT2D eigenvalue weighted by Crippen LogP contribution is -2.38. The molecule has 0 saturated carbocycles. The molecular formula is C22H29F3N8O. The number of morpholine rings is 1. The predicted octanol–water partition coefficient (Wildman–Crippen LogP) is 2.82. The first-order chi connectivity index (χ1) is 16.4. The highest BCUT2D eigenvalue weighted by Gasteiger charge is 2.31. The van der Waals surface area contributed by atoms with Crippen molar-refractivity contribution in [3.63, 3.8) is 0 Å². The van der Waals surface area contributed by atoms with Gasteiger partial charge >= 0.3 is 6.18 Å². The molecule has 0 radical (unpaired) electrons. The summed E-state index contributed by atoms with van der Waals surface area (Å²) in [5.74, 6) is 1.21. The molecule has 5 rings (SSSR count). The number of anilines is 1. The molecule has 2 aliphatic rings. The van der Waals surface area contributed by atoms with Crippen molar-refractivity contribution in [3.8, 4) is 0 Å². The molecule has 0 aromatic carbocycles. The lowest BCUT2D eigenvalue weighted by Gasteiger charge is -2.32. The van der Waals surface area contributed by atoms with Gasteiger partial charge in [0.2, 0.25) is 0 Å². The van der Waals surface area contributed by atoms with E-state index in [9.17, 15) is 13.2 Å². The number of ether oxygens (including phenoxy) is 1. The first kappa shape index (κ1) is 23.0. The smallest absolute Gasteiger partial charge is 0.378 e. The standard InChI is InChI=1S/C22H29F3N8O/c1-2-33-7-5-17(29-33)13-30-6-3-4-16(12-30)19-27-20(31-8-10-34-11-9-31)18-21(28-19)32(15-26-18)14-22(23,24)25/h5,7,15-16H,2-4,6,8-14H2,1H3. The number of likely N-dealkylation sites (tertiary alicyclic amines) is 1. The van der Waals surface area contributed by atoms with Gasteiger partial charge < -0.3 is 14.2 Å². The van der Waals surface area contributed by atoms with Crippen molar-refractivity contribution in [2.24, 2.45) is 0 Å². The maximum absolute atomic E-state index is 13.2. The summed E-state index contributed by atoms with van der Waals surface area (Å²) in [7, 11) is 0. The molecule has 2 saturated heterocycles. The number of imidazole rings is 1. The van der Waals surface area contributed by atoms with Gasteiger partial charge in [-0.25, -0.2) is 15.0 Å². The molecule has 1 unspecified atom stereocenters. The molecule has 0 bridgehead atoms. The zero-order valence-electron chi connectivity index (χ0n) is 19.2. The van der Waals surface area contributed by atoms with Gasteiger partial charge in [0.25, 0.3) is 0 Å². The van der Waals surface area contributed by atoms with Crippen LogP contribution in [0.2, 0.25) is 0 Å². The molecule has 0 N–H and O–H groups in total. The summed E-state index contributed by atoms with van der Waals surface area (Å²) in [6.45, 7) is 6.50. The molecule has 0 aliphatic carbocycles. The summed E-state index contributed by atoms with van der Waals surface area (Å²) < 4.78 is 48.1. The number of hydrogen-bond acceptors (Lipinski definition) is 7. The Hall–Kier alpha value is -2.73. The highest BCUT2D eigenvalue weighted by atomic mass is 19.4. The average Bonchev–Trinajstić information content (AvgIpc) is 3.45. The van der Waals surface area contributed by atoms with Crippen LogP contribution >= 0.6 is 0 Å². The molecule has 0 spiro atoms. The van der Waals surface area contributed by atoms with Gasteiger partial charge in [-0.2, -0.15) is 18.3 Å². The third-order valence-electron chi connectivity index (χ3n) is 6.40. The van der Waals surface area contributed by atoms with E-state index in [2.05, 4.69) is 26.9 Å². The van der Waals surface area contributed by atoms with Crippen molar-refractivity contribution >= 4 is 17.0 Å². The third kappa shape index (κ3) is 5.02. The van der Waals surface area contributed by atoms with E-state index in [4.69, 9.17) is 9.72 Å². The van der Waals surface area contributed by atoms with Crippen molar-refractivity contribution in [2.45, 2.75) is 51.5 Å². The zero-order chi connectivity index (χ0) is 23.7. The fourth-order valence-corrected chi connectivity index (χ4v) is 4.74. The van der Waals surface area contributed by atoms with Crippen LogP contribution in [0.3, 0.4) is 0 Å². The van der Waals surface area contributed by atoms with E-state index in [-0.39, 0.29) is 11.6 Å². The predicted molar refractivity (Wildman–Crippen MR) is 120 cm³/mol. The zero-order valence-corrected chi connectivity index (χ0v) is 19.2. The van der Waals surface area contributed by atoms with Crippen LogP contribution in [0.1, 0.15) is 37.2 Å². The van der Waals surface area contributed by atoms with Crippen LogP contribution in [-0.4, -0.2) is 79.8 Å². The summed E-state index contributed by atoms with van der Waals surface area (Å²) in [6, 6.07) is 2.03. The van der Waals surface area contributed by atoms with Gasteiger partial charge in [0.05, 0.1) is 25.2 Å². The Balaban J connectivity index is 1.45. The van der Waals surface area contributed by atoms with Crippen LogP contribution in [0.5, 0.6) is 0 Å². The van der Waals surface area contributed by atoms with Crippen LogP contribution in [0.4, 0.5) is 19.0 Å². The first-order valence-corrected chi connectivity index (χ1v) is 11.8. The number of aromatic nitrogens is 6. The van der Waals surface area contributed by atoms with Gasteiger partial charge in [0.1, 0.15) is 12.4 Å². The van der Waals surface area contributed by atoms with Crippen LogP contribution in [-0.2, 0) is 24.4 Å². The van der Waals surface area contributed by atoms with Crippen molar-refractivity contribution < 1.29 is 17.9 Å². The summed E-state index contributed by atoms with van der Waals surface area (Å²) in [6.07, 6.45) is 0.694. The lowest BCUT2D eigenvalue weighted by molar-refractivity contribution is -0.140. The number of fused-ring (bicyclic) bond motifs is 1. The molecule has 0 amide bonds. The van der Waals surface area contributed by atoms with Crippen molar-refractivity contribution in [2.75, 3.05) is 44.3 Å². The Morgan fingerprint density at radius 1 is 1.15 bits per heavy atom. The minimum Gasteiger partial charge on any atom is -0.378 e. The van der Waals surface area contributed by atoms with Crippen molar-refractivity contribution in [3.05, 3.63) is 30.1 Å². The van der Waals surface area contributed by atoms with E-state index in [0.29, 0.717) is 43.5 Å². The topological polar surface area (TPSA) is 77.1 Å². The number of aryl methyl sites for hydroxylation is 1. The molecule has 184 valence electrons. The molecule has 34 heavy (non-hydrogen) atoms. The van der Waals surface area contributed by atoms with Crippen LogP contribution in [0, 0.1) is 0 Å². The molecule has 2 aliphatic heterocycles. The SMILES string of the molecule is CCn1ccc(CN2CCCC(c3nc(N4CCOCC4)c4ncn(CC(F)(F)F)c4n3)C2)n1. The third-order valence-corrected chi connectivity index (χ3v) is 6.40. The number of alkyl halides is 3. The normalized spacial score (nSPS) is 20.4. The van der Waals surface area contributed by atoms with Crippen molar-refractivity contribution in [1.29, 1.82) is 0 Å². The number of nitrogens with zero attached hydrogens (tertiary/aromatic N) is 8. The number of piperidine rings is 1. The summed E-state index contributed by atoms with van der Waals surface area (Å²) in [4.78, 5) is 18.2. The molecule has 3 aromatic rings. The van der Waals surface area contributed by atoms with Gasteiger partial charge in [-0.05, 0) is 32.4 Å². The molecular weight excluding hydrogens is 449 g/mol. The number of halogens is 3. The molecule has 9 nitrogen and oxygen atoms in total. The fraction of sp³-hybridized carbons (Fsp3) is 0.636. The molecule has 3 aromatic heterocycles. The van der Waals surface area contributed by atoms with Gasteiger partial charge in [-0.1, -0.05) is 0 Å². The summed E-state index contributed by atoms with van der Waals surface area (Å²) in [5.41, 5.74) is 1.66. The van der Waals surface area contributed by atoms with Gasteiger partial charge in [0, 0.05) is 44.8 Å². The highest BCUT2D eigenvalue weighted by molar-refractivity contribution is 5.83. The van der Waals surface area contributed by atoms with E-state index in [0.717, 1.165) is 49.3 Å². The summed E-state index contributed by atoms with van der Waals surface area (Å²) in [5, 5.41) is 4.58. The van der Waals surface area contributed by atoms with Gasteiger partial charge in [-0.3, -0.25) is 9.58 Å². The Kier molecular flexibility index (Phi) is 6.43. The number of rotatable bonds is 6. The molecule has 1 atom stereocenters. The van der Waals surface area contributed by atoms with E-state index in [1.54, 1.807) is 0 Å². The molecule has 12 heteroatoms. The Morgan fingerprint density at radius 3 is 2.71 bits per heavy atom. The highest BCUT2D eigenvalue weighted by Crippen LogP contribution is 2.31. The Labute approximate surface area is 195 Å². The average molecular weight is 479 g/mol. The van der Waals surface area contributed by atoms with Gasteiger partial charge in [-0.15, -0.1) is 0 Å². The van der Waals surface area contributed by atoms with E-state index in [1.807, 2.05) is 21.8 Å². The maximum Gasteiger partial charge on any atom is 0.406 e. The quantitative estimate of drug-likeness (QED) is 0.539. The second-order valence-corrected chi connectivity index (χ2v) is 8.90. The second kappa shape index (κ2) is 9.49. The van der Waals surface area contributed by atoms with Crippen LogP contribution < -0.4 is 4.90 Å². The van der Waals surface area contributed by atoms with E-state index >= 15 is 0 Å². The van der Waals surface area contributed by atoms with Crippen LogP contribution in [0.15, 0.2) is 18.6 Å².